The smallest absolute Gasteiger partial charge is 0.282 e. The van der Waals surface area contributed by atoms with Gasteiger partial charge in [-0.25, -0.2) is 4.99 Å². The molecule has 13 heavy (non-hydrogen) atoms. The summed E-state index contributed by atoms with van der Waals surface area (Å²) in [4.78, 5) is 5.31. The average molecular weight is 326 g/mol. The Hall–Kier alpha value is -0.0700. The molecule has 1 aliphatic rings. The van der Waals surface area contributed by atoms with Crippen LogP contribution in [0, 0.1) is 0 Å². The summed E-state index contributed by atoms with van der Waals surface area (Å²) in [5.74, 6) is 0. The van der Waals surface area contributed by atoms with Crippen LogP contribution < -0.4 is 5.73 Å². The van der Waals surface area contributed by atoms with E-state index in [0.717, 1.165) is 13.1 Å². The van der Waals surface area contributed by atoms with Crippen LogP contribution in [0.3, 0.4) is 0 Å². The largest absolute Gasteiger partial charge is 0.463 e. The Morgan fingerprint density at radius 3 is 2.85 bits per heavy atom. The van der Waals surface area contributed by atoms with Crippen molar-refractivity contribution in [1.29, 1.82) is 0 Å². The van der Waals surface area contributed by atoms with Crippen molar-refractivity contribution in [2.45, 2.75) is 6.04 Å². The molecule has 0 bridgehead atoms. The maximum atomic E-state index is 5.42. The van der Waals surface area contributed by atoms with E-state index >= 15 is 0 Å². The number of halogens is 2. The van der Waals surface area contributed by atoms with Crippen molar-refractivity contribution in [2.75, 3.05) is 6.61 Å². The summed E-state index contributed by atoms with van der Waals surface area (Å²) in [5, 5.41) is 0. The SMILES string of the molecule is NC1=NC(c2cc(Br)c(Br)s2)CO1. The Balaban J connectivity index is 2.26. The van der Waals surface area contributed by atoms with Gasteiger partial charge < -0.3 is 10.5 Å². The molecule has 0 amide bonds. The number of nitrogens with zero attached hydrogens (tertiary/aromatic N) is 1. The van der Waals surface area contributed by atoms with Gasteiger partial charge in [0, 0.05) is 9.35 Å². The molecule has 70 valence electrons. The first-order chi connectivity index (χ1) is 6.16. The highest BCUT2D eigenvalue weighted by Crippen LogP contribution is 2.37. The van der Waals surface area contributed by atoms with E-state index in [1.807, 2.05) is 6.07 Å². The number of amidine groups is 1. The lowest BCUT2D eigenvalue weighted by Gasteiger charge is -1.98. The Labute approximate surface area is 96.2 Å². The topological polar surface area (TPSA) is 47.6 Å². The lowest BCUT2D eigenvalue weighted by Crippen LogP contribution is -2.10. The van der Waals surface area contributed by atoms with Crippen LogP contribution in [0.2, 0.25) is 0 Å². The van der Waals surface area contributed by atoms with Crippen molar-refractivity contribution in [3.8, 4) is 0 Å². The van der Waals surface area contributed by atoms with Crippen molar-refractivity contribution >= 4 is 49.2 Å². The fourth-order valence-corrected chi connectivity index (χ4v) is 3.18. The molecule has 0 radical (unpaired) electrons. The van der Waals surface area contributed by atoms with Crippen molar-refractivity contribution in [1.82, 2.24) is 0 Å². The molecule has 2 N–H and O–H groups in total. The van der Waals surface area contributed by atoms with Gasteiger partial charge in [-0.2, -0.15) is 0 Å². The van der Waals surface area contributed by atoms with Crippen LogP contribution in [0.15, 0.2) is 19.3 Å². The standard InChI is InChI=1S/C7H6Br2N2OS/c8-3-1-5(13-6(3)9)4-2-12-7(10)11-4/h1,4H,2H2,(H2,10,11). The molecule has 1 aliphatic heterocycles. The second-order valence-electron chi connectivity index (χ2n) is 2.56. The molecule has 2 heterocycles. The molecule has 0 aliphatic carbocycles. The number of rotatable bonds is 1. The van der Waals surface area contributed by atoms with Crippen molar-refractivity contribution in [3.63, 3.8) is 0 Å². The number of hydrogen-bond acceptors (Lipinski definition) is 4. The van der Waals surface area contributed by atoms with Gasteiger partial charge in [-0.05, 0) is 37.9 Å². The minimum Gasteiger partial charge on any atom is -0.463 e. The van der Waals surface area contributed by atoms with E-state index < -0.39 is 0 Å². The lowest BCUT2D eigenvalue weighted by atomic mass is 10.3. The van der Waals surface area contributed by atoms with E-state index in [1.54, 1.807) is 11.3 Å². The predicted molar refractivity (Wildman–Crippen MR) is 60.0 cm³/mol. The van der Waals surface area contributed by atoms with Crippen LogP contribution in [0.1, 0.15) is 10.9 Å². The normalized spacial score (nSPS) is 21.4. The Bertz CT molecular complexity index is 344. The Morgan fingerprint density at radius 2 is 2.38 bits per heavy atom. The van der Waals surface area contributed by atoms with E-state index in [0.29, 0.717) is 6.61 Å². The van der Waals surface area contributed by atoms with Crippen LogP contribution in [0.4, 0.5) is 0 Å². The maximum Gasteiger partial charge on any atom is 0.282 e. The molecular formula is C7H6Br2N2OS. The minimum absolute atomic E-state index is 0.0626. The summed E-state index contributed by atoms with van der Waals surface area (Å²) in [6.07, 6.45) is 0. The monoisotopic (exact) mass is 324 g/mol. The molecule has 0 saturated carbocycles. The van der Waals surface area contributed by atoms with Crippen LogP contribution in [0.5, 0.6) is 0 Å². The van der Waals surface area contributed by atoms with Crippen LogP contribution in [0.25, 0.3) is 0 Å². The zero-order chi connectivity index (χ0) is 9.42. The first kappa shape index (κ1) is 9.48. The van der Waals surface area contributed by atoms with Gasteiger partial charge in [-0.3, -0.25) is 0 Å². The number of thiophene rings is 1. The minimum atomic E-state index is 0.0626. The van der Waals surface area contributed by atoms with Gasteiger partial charge >= 0.3 is 0 Å². The summed E-state index contributed by atoms with van der Waals surface area (Å²) in [6, 6.07) is 2.38. The number of aliphatic imine (C=N–C) groups is 1. The van der Waals surface area contributed by atoms with Crippen molar-refractivity contribution in [3.05, 3.63) is 19.2 Å². The summed E-state index contributed by atoms with van der Waals surface area (Å²) in [7, 11) is 0. The zero-order valence-corrected chi connectivity index (χ0v) is 10.4. The summed E-state index contributed by atoms with van der Waals surface area (Å²) >= 11 is 8.49. The second-order valence-corrected chi connectivity index (χ2v) is 5.82. The van der Waals surface area contributed by atoms with E-state index in [1.165, 1.54) is 0 Å². The number of nitrogens with two attached hydrogens (primary N) is 1. The highest BCUT2D eigenvalue weighted by molar-refractivity contribution is 9.13. The van der Waals surface area contributed by atoms with Crippen molar-refractivity contribution < 1.29 is 4.74 Å². The average Bonchev–Trinajstić information content (AvgIpc) is 2.61. The number of hydrogen-bond donors (Lipinski definition) is 1. The first-order valence-electron chi connectivity index (χ1n) is 3.57. The van der Waals surface area contributed by atoms with Gasteiger partial charge in [-0.15, -0.1) is 11.3 Å². The van der Waals surface area contributed by atoms with Gasteiger partial charge in [0.2, 0.25) is 0 Å². The lowest BCUT2D eigenvalue weighted by molar-refractivity contribution is 0.316. The summed E-state index contributed by atoms with van der Waals surface area (Å²) in [5.41, 5.74) is 5.42. The van der Waals surface area contributed by atoms with Gasteiger partial charge in [0.05, 0.1) is 3.79 Å². The quantitative estimate of drug-likeness (QED) is 0.863. The molecule has 6 heteroatoms. The second kappa shape index (κ2) is 3.59. The maximum absolute atomic E-state index is 5.42. The molecule has 0 aromatic carbocycles. The molecule has 0 spiro atoms. The molecule has 0 saturated heterocycles. The van der Waals surface area contributed by atoms with Gasteiger partial charge in [0.25, 0.3) is 6.02 Å². The Morgan fingerprint density at radius 1 is 1.62 bits per heavy atom. The molecule has 1 aromatic rings. The molecule has 3 nitrogen and oxygen atoms in total. The predicted octanol–water partition coefficient (Wildman–Crippen LogP) is 2.66. The molecule has 1 unspecified atom stereocenters. The van der Waals surface area contributed by atoms with E-state index in [9.17, 15) is 0 Å². The molecule has 2 rings (SSSR count). The third-order valence-corrected chi connectivity index (χ3v) is 5.02. The molecule has 1 aromatic heterocycles. The van der Waals surface area contributed by atoms with Gasteiger partial charge in [0.1, 0.15) is 12.6 Å². The van der Waals surface area contributed by atoms with E-state index in [2.05, 4.69) is 36.9 Å². The fraction of sp³-hybridized carbons (Fsp3) is 0.286. The molecule has 0 fully saturated rings. The van der Waals surface area contributed by atoms with E-state index in [4.69, 9.17) is 10.5 Å². The summed E-state index contributed by atoms with van der Waals surface area (Å²) in [6.45, 7) is 0.547. The van der Waals surface area contributed by atoms with Gasteiger partial charge in [-0.1, -0.05) is 0 Å². The first-order valence-corrected chi connectivity index (χ1v) is 5.98. The highest BCUT2D eigenvalue weighted by atomic mass is 79.9. The van der Waals surface area contributed by atoms with Crippen LogP contribution >= 0.6 is 43.2 Å². The third-order valence-electron chi connectivity index (χ3n) is 1.66. The zero-order valence-electron chi connectivity index (χ0n) is 6.46. The summed E-state index contributed by atoms with van der Waals surface area (Å²) < 4.78 is 7.19. The van der Waals surface area contributed by atoms with Gasteiger partial charge in [0.15, 0.2) is 0 Å². The van der Waals surface area contributed by atoms with Crippen molar-refractivity contribution in [2.24, 2.45) is 10.7 Å². The van der Waals surface area contributed by atoms with E-state index in [-0.39, 0.29) is 12.1 Å². The molecular weight excluding hydrogens is 320 g/mol. The molecule has 1 atom stereocenters. The van der Waals surface area contributed by atoms with Crippen LogP contribution in [-0.2, 0) is 4.74 Å². The third kappa shape index (κ3) is 1.89. The highest BCUT2D eigenvalue weighted by Gasteiger charge is 2.21. The fourth-order valence-electron chi connectivity index (χ4n) is 1.07. The Kier molecular flexibility index (Phi) is 2.62. The van der Waals surface area contributed by atoms with Crippen LogP contribution in [-0.4, -0.2) is 12.6 Å². The number of ether oxygens (including phenoxy) is 1.